The Balaban J connectivity index is 2.81. The number of thiophene rings is 1. The molecule has 0 aliphatic heterocycles. The van der Waals surface area contributed by atoms with Crippen LogP contribution >= 0.6 is 27.3 Å². The molecule has 7 heteroatoms. The highest BCUT2D eigenvalue weighted by molar-refractivity contribution is 9.11. The van der Waals surface area contributed by atoms with Crippen molar-refractivity contribution < 1.29 is 19.4 Å². The molecule has 0 spiro atoms. The van der Waals surface area contributed by atoms with E-state index in [1.165, 1.54) is 25.4 Å². The zero-order valence-electron chi connectivity index (χ0n) is 9.32. The highest BCUT2D eigenvalue weighted by Crippen LogP contribution is 2.22. The first-order chi connectivity index (χ1) is 7.89. The number of ether oxygens (including phenoxy) is 1. The van der Waals surface area contributed by atoms with E-state index >= 15 is 0 Å². The number of nitrogens with one attached hydrogen (secondary N) is 1. The Bertz CT molecular complexity index is 434. The van der Waals surface area contributed by atoms with Crippen molar-refractivity contribution in [3.63, 3.8) is 0 Å². The molecular formula is C10H12BrNO4S. The Kier molecular flexibility index (Phi) is 4.67. The van der Waals surface area contributed by atoms with Crippen molar-refractivity contribution in [2.45, 2.75) is 12.5 Å². The fourth-order valence-electron chi connectivity index (χ4n) is 1.19. The molecule has 0 fully saturated rings. The number of amides is 1. The molecule has 0 bridgehead atoms. The van der Waals surface area contributed by atoms with Crippen LogP contribution < -0.4 is 5.32 Å². The van der Waals surface area contributed by atoms with Gasteiger partial charge in [0.1, 0.15) is 0 Å². The molecule has 1 aromatic heterocycles. The molecule has 0 aromatic carbocycles. The standard InChI is InChI=1S/C10H12BrNO4S/c1-10(5-16-2,9(14)15)12-8(13)6-3-4-7(11)17-6/h3-4H,5H2,1-2H3,(H,12,13)(H,14,15). The van der Waals surface area contributed by atoms with Gasteiger partial charge in [-0.3, -0.25) is 4.79 Å². The van der Waals surface area contributed by atoms with Crippen molar-refractivity contribution in [1.82, 2.24) is 5.32 Å². The zero-order valence-corrected chi connectivity index (χ0v) is 11.7. The summed E-state index contributed by atoms with van der Waals surface area (Å²) in [5.41, 5.74) is -1.43. The summed E-state index contributed by atoms with van der Waals surface area (Å²) < 4.78 is 5.62. The van der Waals surface area contributed by atoms with Crippen LogP contribution in [0.2, 0.25) is 0 Å². The van der Waals surface area contributed by atoms with Crippen molar-refractivity contribution in [2.75, 3.05) is 13.7 Å². The summed E-state index contributed by atoms with van der Waals surface area (Å²) in [5, 5.41) is 11.5. The van der Waals surface area contributed by atoms with Gasteiger partial charge < -0.3 is 15.2 Å². The highest BCUT2D eigenvalue weighted by Gasteiger charge is 2.35. The lowest BCUT2D eigenvalue weighted by Crippen LogP contribution is -2.55. The van der Waals surface area contributed by atoms with Crippen LogP contribution in [0.25, 0.3) is 0 Å². The van der Waals surface area contributed by atoms with Gasteiger partial charge in [0.05, 0.1) is 15.3 Å². The summed E-state index contributed by atoms with van der Waals surface area (Å²) >= 11 is 4.47. The molecule has 94 valence electrons. The molecule has 0 aliphatic rings. The lowest BCUT2D eigenvalue weighted by Gasteiger charge is -2.24. The van der Waals surface area contributed by atoms with Crippen molar-refractivity contribution in [2.24, 2.45) is 0 Å². The largest absolute Gasteiger partial charge is 0.479 e. The van der Waals surface area contributed by atoms with Gasteiger partial charge in [-0.1, -0.05) is 0 Å². The second-order valence-electron chi connectivity index (χ2n) is 3.63. The van der Waals surface area contributed by atoms with E-state index in [-0.39, 0.29) is 6.61 Å². The number of aliphatic carboxylic acids is 1. The first-order valence-corrected chi connectivity index (χ1v) is 6.30. The Morgan fingerprint density at radius 1 is 1.59 bits per heavy atom. The maximum Gasteiger partial charge on any atom is 0.331 e. The van der Waals surface area contributed by atoms with E-state index in [1.54, 1.807) is 12.1 Å². The Labute approximate surface area is 111 Å². The van der Waals surface area contributed by atoms with Crippen LogP contribution in [0.1, 0.15) is 16.6 Å². The Morgan fingerprint density at radius 2 is 2.24 bits per heavy atom. The van der Waals surface area contributed by atoms with Crippen molar-refractivity contribution in [3.8, 4) is 0 Å². The van der Waals surface area contributed by atoms with E-state index in [1.807, 2.05) is 0 Å². The lowest BCUT2D eigenvalue weighted by molar-refractivity contribution is -0.145. The van der Waals surface area contributed by atoms with Crippen LogP contribution in [0.4, 0.5) is 0 Å². The molecule has 0 aliphatic carbocycles. The number of carbonyl (C=O) groups excluding carboxylic acids is 1. The number of carboxylic acid groups (broad SMARTS) is 1. The number of carboxylic acids is 1. The monoisotopic (exact) mass is 321 g/mol. The molecule has 5 nitrogen and oxygen atoms in total. The predicted octanol–water partition coefficient (Wildman–Crippen LogP) is 1.73. The van der Waals surface area contributed by atoms with Gasteiger partial charge in [-0.05, 0) is 35.0 Å². The number of hydrogen-bond acceptors (Lipinski definition) is 4. The van der Waals surface area contributed by atoms with E-state index in [2.05, 4.69) is 21.2 Å². The van der Waals surface area contributed by atoms with E-state index in [0.29, 0.717) is 4.88 Å². The van der Waals surface area contributed by atoms with Crippen LogP contribution in [-0.4, -0.2) is 36.2 Å². The number of rotatable bonds is 5. The van der Waals surface area contributed by atoms with Gasteiger partial charge in [0.25, 0.3) is 5.91 Å². The average Bonchev–Trinajstić information content (AvgIpc) is 2.65. The first kappa shape index (κ1) is 14.1. The van der Waals surface area contributed by atoms with Crippen LogP contribution in [-0.2, 0) is 9.53 Å². The summed E-state index contributed by atoms with van der Waals surface area (Å²) in [7, 11) is 1.38. The second-order valence-corrected chi connectivity index (χ2v) is 6.09. The molecule has 1 atom stereocenters. The third kappa shape index (κ3) is 3.52. The minimum atomic E-state index is -1.43. The van der Waals surface area contributed by atoms with Crippen LogP contribution in [0, 0.1) is 0 Å². The van der Waals surface area contributed by atoms with Gasteiger partial charge in [-0.2, -0.15) is 0 Å². The molecule has 0 saturated heterocycles. The summed E-state index contributed by atoms with van der Waals surface area (Å²) in [5.74, 6) is -1.56. The molecule has 1 rings (SSSR count). The first-order valence-electron chi connectivity index (χ1n) is 4.69. The molecule has 0 radical (unpaired) electrons. The number of halogens is 1. The lowest BCUT2D eigenvalue weighted by atomic mass is 10.0. The van der Waals surface area contributed by atoms with Gasteiger partial charge in [0.15, 0.2) is 5.54 Å². The third-order valence-electron chi connectivity index (χ3n) is 2.09. The molecule has 2 N–H and O–H groups in total. The maximum absolute atomic E-state index is 11.8. The van der Waals surface area contributed by atoms with Crippen molar-refractivity contribution >= 4 is 39.1 Å². The van der Waals surface area contributed by atoms with Crippen LogP contribution in [0.15, 0.2) is 15.9 Å². The smallest absolute Gasteiger partial charge is 0.331 e. The molecule has 0 saturated carbocycles. The van der Waals surface area contributed by atoms with Gasteiger partial charge in [0, 0.05) is 7.11 Å². The van der Waals surface area contributed by atoms with E-state index < -0.39 is 17.4 Å². The third-order valence-corrected chi connectivity index (χ3v) is 3.71. The maximum atomic E-state index is 11.8. The fraction of sp³-hybridized carbons (Fsp3) is 0.400. The summed E-state index contributed by atoms with van der Waals surface area (Å²) in [4.78, 5) is 23.3. The topological polar surface area (TPSA) is 75.6 Å². The Hall–Kier alpha value is -0.920. The SMILES string of the molecule is COCC(C)(NC(=O)c1ccc(Br)s1)C(=O)O. The number of carbonyl (C=O) groups is 2. The van der Waals surface area contributed by atoms with Crippen molar-refractivity contribution in [3.05, 3.63) is 20.8 Å². The molecule has 1 aromatic rings. The fourth-order valence-corrected chi connectivity index (χ4v) is 2.47. The summed E-state index contributed by atoms with van der Waals surface area (Å²) in [6, 6.07) is 3.35. The van der Waals surface area contributed by atoms with Gasteiger partial charge in [-0.25, -0.2) is 4.79 Å². The minimum absolute atomic E-state index is 0.0966. The molecule has 1 amide bonds. The number of methoxy groups -OCH3 is 1. The second kappa shape index (κ2) is 5.61. The summed E-state index contributed by atoms with van der Waals surface area (Å²) in [6.45, 7) is 1.31. The van der Waals surface area contributed by atoms with E-state index in [9.17, 15) is 9.59 Å². The van der Waals surface area contributed by atoms with Gasteiger partial charge in [-0.15, -0.1) is 11.3 Å². The minimum Gasteiger partial charge on any atom is -0.479 e. The normalized spacial score (nSPS) is 14.1. The summed E-state index contributed by atoms with van der Waals surface area (Å²) in [6.07, 6.45) is 0. The number of hydrogen-bond donors (Lipinski definition) is 2. The highest BCUT2D eigenvalue weighted by atomic mass is 79.9. The predicted molar refractivity (Wildman–Crippen MR) is 67.4 cm³/mol. The van der Waals surface area contributed by atoms with Crippen LogP contribution in [0.5, 0.6) is 0 Å². The van der Waals surface area contributed by atoms with Crippen LogP contribution in [0.3, 0.4) is 0 Å². The quantitative estimate of drug-likeness (QED) is 0.866. The van der Waals surface area contributed by atoms with E-state index in [4.69, 9.17) is 9.84 Å². The molecular weight excluding hydrogens is 310 g/mol. The van der Waals surface area contributed by atoms with Gasteiger partial charge >= 0.3 is 5.97 Å². The molecule has 1 unspecified atom stereocenters. The molecule has 1 heterocycles. The zero-order chi connectivity index (χ0) is 13.1. The van der Waals surface area contributed by atoms with Gasteiger partial charge in [0.2, 0.25) is 0 Å². The van der Waals surface area contributed by atoms with Crippen molar-refractivity contribution in [1.29, 1.82) is 0 Å². The average molecular weight is 322 g/mol. The Morgan fingerprint density at radius 3 is 2.65 bits per heavy atom. The molecule has 17 heavy (non-hydrogen) atoms. The van der Waals surface area contributed by atoms with E-state index in [0.717, 1.165) is 3.79 Å².